The van der Waals surface area contributed by atoms with Gasteiger partial charge in [0.1, 0.15) is 0 Å². The van der Waals surface area contributed by atoms with Gasteiger partial charge in [0, 0.05) is 31.4 Å². The first-order valence-corrected chi connectivity index (χ1v) is 12.7. The molecule has 1 amide bonds. The Bertz CT molecular complexity index is 1210. The predicted octanol–water partition coefficient (Wildman–Crippen LogP) is 2.95. The molecular weight excluding hydrogens is 446 g/mol. The highest BCUT2D eigenvalue weighted by atomic mass is 32.2. The van der Waals surface area contributed by atoms with Crippen molar-refractivity contribution >= 4 is 27.7 Å². The number of carbonyl (C=O) groups is 1. The van der Waals surface area contributed by atoms with Gasteiger partial charge in [-0.15, -0.1) is 10.2 Å². The standard InChI is InChI=1S/C22H25N5O3S2/c1-16(21(28)23-2)31-22-25-24-20(27(22)18-10-4-3-5-11-18)17-9-8-12-19(15-17)32(29,30)26-13-6-7-14-26/h3-5,8-12,15-16H,6-7,13-14H2,1-2H3,(H,23,28)/t16-/m0/s1. The van der Waals surface area contributed by atoms with Crippen LogP contribution in [0, 0.1) is 0 Å². The molecule has 1 saturated heterocycles. The Morgan fingerprint density at radius 1 is 1.06 bits per heavy atom. The number of thioether (sulfide) groups is 1. The molecule has 2 heterocycles. The molecule has 4 rings (SSSR count). The number of aromatic nitrogens is 3. The van der Waals surface area contributed by atoms with Crippen molar-refractivity contribution in [2.75, 3.05) is 20.1 Å². The van der Waals surface area contributed by atoms with Crippen molar-refractivity contribution < 1.29 is 13.2 Å². The third kappa shape index (κ3) is 4.43. The first kappa shape index (κ1) is 22.5. The van der Waals surface area contributed by atoms with Gasteiger partial charge < -0.3 is 5.32 Å². The fourth-order valence-corrected chi connectivity index (χ4v) is 6.12. The lowest BCUT2D eigenvalue weighted by Gasteiger charge is -2.16. The van der Waals surface area contributed by atoms with Crippen LogP contribution in [-0.2, 0) is 14.8 Å². The Hall–Kier alpha value is -2.69. The van der Waals surface area contributed by atoms with Crippen LogP contribution in [0.2, 0.25) is 0 Å². The van der Waals surface area contributed by atoms with Gasteiger partial charge in [0.05, 0.1) is 10.1 Å². The van der Waals surface area contributed by atoms with Gasteiger partial charge in [0.2, 0.25) is 15.9 Å². The maximum absolute atomic E-state index is 13.1. The maximum Gasteiger partial charge on any atom is 0.243 e. The first-order valence-electron chi connectivity index (χ1n) is 10.4. The van der Waals surface area contributed by atoms with E-state index in [1.165, 1.54) is 16.1 Å². The van der Waals surface area contributed by atoms with Gasteiger partial charge in [0.15, 0.2) is 11.0 Å². The van der Waals surface area contributed by atoms with Gasteiger partial charge in [-0.05, 0) is 44.0 Å². The lowest BCUT2D eigenvalue weighted by molar-refractivity contribution is -0.119. The Kier molecular flexibility index (Phi) is 6.63. The number of benzene rings is 2. The lowest BCUT2D eigenvalue weighted by atomic mass is 10.2. The fourth-order valence-electron chi connectivity index (χ4n) is 3.63. The van der Waals surface area contributed by atoms with E-state index in [-0.39, 0.29) is 16.1 Å². The molecular formula is C22H25N5O3S2. The summed E-state index contributed by atoms with van der Waals surface area (Å²) in [5, 5.41) is 11.5. The third-order valence-electron chi connectivity index (χ3n) is 5.34. The molecule has 1 fully saturated rings. The van der Waals surface area contributed by atoms with Gasteiger partial charge in [-0.2, -0.15) is 4.31 Å². The third-order valence-corrected chi connectivity index (χ3v) is 8.28. The summed E-state index contributed by atoms with van der Waals surface area (Å²) < 4.78 is 29.5. The number of rotatable bonds is 7. The summed E-state index contributed by atoms with van der Waals surface area (Å²) in [7, 11) is -1.96. The minimum absolute atomic E-state index is 0.113. The number of nitrogens with zero attached hydrogens (tertiary/aromatic N) is 4. The summed E-state index contributed by atoms with van der Waals surface area (Å²) in [5.41, 5.74) is 1.47. The Labute approximate surface area is 192 Å². The molecule has 1 N–H and O–H groups in total. The number of amides is 1. The molecule has 0 radical (unpaired) electrons. The van der Waals surface area contributed by atoms with Crippen molar-refractivity contribution in [2.24, 2.45) is 0 Å². The van der Waals surface area contributed by atoms with E-state index in [4.69, 9.17) is 0 Å². The Morgan fingerprint density at radius 2 is 1.78 bits per heavy atom. The lowest BCUT2D eigenvalue weighted by Crippen LogP contribution is -2.27. The van der Waals surface area contributed by atoms with Crippen molar-refractivity contribution in [2.45, 2.75) is 35.1 Å². The molecule has 1 aromatic heterocycles. The quantitative estimate of drug-likeness (QED) is 0.532. The average molecular weight is 472 g/mol. The van der Waals surface area contributed by atoms with Gasteiger partial charge in [-0.3, -0.25) is 9.36 Å². The van der Waals surface area contributed by atoms with Crippen molar-refractivity contribution in [3.63, 3.8) is 0 Å². The Morgan fingerprint density at radius 3 is 2.47 bits per heavy atom. The summed E-state index contributed by atoms with van der Waals surface area (Å²) in [6.07, 6.45) is 1.76. The monoisotopic (exact) mass is 471 g/mol. The highest BCUT2D eigenvalue weighted by molar-refractivity contribution is 8.00. The Balaban J connectivity index is 1.78. The number of para-hydroxylation sites is 1. The minimum Gasteiger partial charge on any atom is -0.358 e. The summed E-state index contributed by atoms with van der Waals surface area (Å²) in [4.78, 5) is 12.3. The molecule has 32 heavy (non-hydrogen) atoms. The van der Waals surface area contributed by atoms with Crippen LogP contribution in [0.3, 0.4) is 0 Å². The number of hydrogen-bond donors (Lipinski definition) is 1. The molecule has 0 unspecified atom stereocenters. The van der Waals surface area contributed by atoms with Gasteiger partial charge >= 0.3 is 0 Å². The van der Waals surface area contributed by atoms with E-state index < -0.39 is 10.0 Å². The van der Waals surface area contributed by atoms with Crippen LogP contribution < -0.4 is 5.32 Å². The highest BCUT2D eigenvalue weighted by Crippen LogP contribution is 2.31. The first-order chi connectivity index (χ1) is 15.4. The number of carbonyl (C=O) groups excluding carboxylic acids is 1. The molecule has 2 aromatic carbocycles. The van der Waals surface area contributed by atoms with Crippen LogP contribution >= 0.6 is 11.8 Å². The molecule has 3 aromatic rings. The van der Waals surface area contributed by atoms with Crippen LogP contribution in [0.5, 0.6) is 0 Å². The van der Waals surface area contributed by atoms with E-state index in [9.17, 15) is 13.2 Å². The van der Waals surface area contributed by atoms with E-state index in [0.29, 0.717) is 29.6 Å². The zero-order valence-electron chi connectivity index (χ0n) is 17.9. The number of sulfonamides is 1. The SMILES string of the molecule is CNC(=O)[C@H](C)Sc1nnc(-c2cccc(S(=O)(=O)N3CCCC3)c2)n1-c1ccccc1. The van der Waals surface area contributed by atoms with Crippen LogP contribution in [-0.4, -0.2) is 58.8 Å². The second kappa shape index (κ2) is 9.43. The van der Waals surface area contributed by atoms with Crippen LogP contribution in [0.1, 0.15) is 19.8 Å². The fraction of sp³-hybridized carbons (Fsp3) is 0.318. The molecule has 168 valence electrons. The topological polar surface area (TPSA) is 97.2 Å². The van der Waals surface area contributed by atoms with E-state index >= 15 is 0 Å². The van der Waals surface area contributed by atoms with Gasteiger partial charge in [-0.25, -0.2) is 8.42 Å². The molecule has 1 atom stereocenters. The van der Waals surface area contributed by atoms with Crippen LogP contribution in [0.4, 0.5) is 0 Å². The molecule has 0 aliphatic carbocycles. The minimum atomic E-state index is -3.56. The summed E-state index contributed by atoms with van der Waals surface area (Å²) in [5.74, 6) is 0.402. The van der Waals surface area contributed by atoms with E-state index in [1.807, 2.05) is 41.0 Å². The van der Waals surface area contributed by atoms with Gasteiger partial charge in [-0.1, -0.05) is 42.1 Å². The zero-order chi connectivity index (χ0) is 22.7. The van der Waals surface area contributed by atoms with Crippen molar-refractivity contribution in [3.8, 4) is 17.1 Å². The molecule has 0 saturated carbocycles. The normalized spacial score (nSPS) is 15.6. The van der Waals surface area contributed by atoms with Crippen molar-refractivity contribution in [1.82, 2.24) is 24.4 Å². The average Bonchev–Trinajstić information content (AvgIpc) is 3.50. The van der Waals surface area contributed by atoms with E-state index in [2.05, 4.69) is 15.5 Å². The molecule has 1 aliphatic rings. The molecule has 1 aliphatic heterocycles. The smallest absolute Gasteiger partial charge is 0.243 e. The van der Waals surface area contributed by atoms with Crippen molar-refractivity contribution in [3.05, 3.63) is 54.6 Å². The zero-order valence-corrected chi connectivity index (χ0v) is 19.6. The van der Waals surface area contributed by atoms with Crippen molar-refractivity contribution in [1.29, 1.82) is 0 Å². The molecule has 0 spiro atoms. The number of nitrogens with one attached hydrogen (secondary N) is 1. The van der Waals surface area contributed by atoms with E-state index in [0.717, 1.165) is 18.5 Å². The van der Waals surface area contributed by atoms with Crippen LogP contribution in [0.25, 0.3) is 17.1 Å². The molecule has 10 heteroatoms. The van der Waals surface area contributed by atoms with E-state index in [1.54, 1.807) is 32.2 Å². The number of hydrogen-bond acceptors (Lipinski definition) is 6. The molecule has 8 nitrogen and oxygen atoms in total. The van der Waals surface area contributed by atoms with Gasteiger partial charge in [0.25, 0.3) is 0 Å². The highest BCUT2D eigenvalue weighted by Gasteiger charge is 2.28. The second-order valence-electron chi connectivity index (χ2n) is 7.49. The summed E-state index contributed by atoms with van der Waals surface area (Å²) in [6.45, 7) is 2.90. The molecule has 0 bridgehead atoms. The summed E-state index contributed by atoms with van der Waals surface area (Å²) in [6, 6.07) is 16.4. The second-order valence-corrected chi connectivity index (χ2v) is 10.7. The largest absolute Gasteiger partial charge is 0.358 e. The predicted molar refractivity (Wildman–Crippen MR) is 124 cm³/mol. The maximum atomic E-state index is 13.1. The summed E-state index contributed by atoms with van der Waals surface area (Å²) >= 11 is 1.29. The van der Waals surface area contributed by atoms with Crippen LogP contribution in [0.15, 0.2) is 64.6 Å².